The lowest BCUT2D eigenvalue weighted by Crippen LogP contribution is -2.46. The van der Waals surface area contributed by atoms with Gasteiger partial charge in [0.25, 0.3) is 10.0 Å². The largest absolute Gasteiger partial charge is 0.368 e. The van der Waals surface area contributed by atoms with E-state index in [1.54, 1.807) is 18.2 Å². The lowest BCUT2D eigenvalue weighted by Gasteiger charge is -2.37. The van der Waals surface area contributed by atoms with Crippen molar-refractivity contribution < 1.29 is 8.42 Å². The zero-order valence-corrected chi connectivity index (χ0v) is 18.8. The second kappa shape index (κ2) is 8.98. The van der Waals surface area contributed by atoms with Crippen molar-refractivity contribution in [3.8, 4) is 0 Å². The van der Waals surface area contributed by atoms with E-state index in [9.17, 15) is 8.42 Å². The Morgan fingerprint density at radius 2 is 1.61 bits per heavy atom. The molecule has 6 nitrogen and oxygen atoms in total. The summed E-state index contributed by atoms with van der Waals surface area (Å²) >= 11 is 0. The Morgan fingerprint density at radius 1 is 0.903 bits per heavy atom. The van der Waals surface area contributed by atoms with Gasteiger partial charge in [0.05, 0.1) is 5.69 Å². The second-order valence-corrected chi connectivity index (χ2v) is 9.53. The molecule has 0 unspecified atom stereocenters. The van der Waals surface area contributed by atoms with Crippen LogP contribution in [0.5, 0.6) is 0 Å². The van der Waals surface area contributed by atoms with Crippen molar-refractivity contribution in [3.63, 3.8) is 0 Å². The first-order valence-electron chi connectivity index (χ1n) is 10.6. The smallest absolute Gasteiger partial charge is 0.265 e. The van der Waals surface area contributed by atoms with Crippen molar-refractivity contribution in [2.45, 2.75) is 18.7 Å². The third-order valence-corrected chi connectivity index (χ3v) is 7.50. The van der Waals surface area contributed by atoms with E-state index in [-0.39, 0.29) is 4.90 Å². The Hall–Kier alpha value is -3.06. The van der Waals surface area contributed by atoms with E-state index in [1.165, 1.54) is 21.8 Å². The monoisotopic (exact) mass is 436 g/mol. The van der Waals surface area contributed by atoms with Crippen LogP contribution in [0.2, 0.25) is 0 Å². The standard InChI is InChI=1S/C24H28N4O2S/c1-3-28(21-9-5-4-6-10-21)31(29,30)23-12-13-24(25-19-23)27-16-14-26(15-17-27)22-11-7-8-20(2)18-22/h4-13,18-19H,3,14-17H2,1-2H3. The van der Waals surface area contributed by atoms with Gasteiger partial charge < -0.3 is 9.80 Å². The Bertz CT molecular complexity index is 1110. The van der Waals surface area contributed by atoms with Crippen LogP contribution < -0.4 is 14.1 Å². The fourth-order valence-corrected chi connectivity index (χ4v) is 5.36. The maximum atomic E-state index is 13.1. The van der Waals surface area contributed by atoms with E-state index >= 15 is 0 Å². The number of rotatable bonds is 6. The molecular formula is C24H28N4O2S. The molecule has 0 amide bonds. The van der Waals surface area contributed by atoms with Gasteiger partial charge >= 0.3 is 0 Å². The molecule has 0 bridgehead atoms. The average molecular weight is 437 g/mol. The molecule has 1 aromatic heterocycles. The predicted molar refractivity (Wildman–Crippen MR) is 126 cm³/mol. The molecule has 162 valence electrons. The van der Waals surface area contributed by atoms with Crippen LogP contribution in [0.3, 0.4) is 0 Å². The number of hydrogen-bond acceptors (Lipinski definition) is 5. The van der Waals surface area contributed by atoms with Crippen LogP contribution in [0, 0.1) is 6.92 Å². The first-order valence-corrected chi connectivity index (χ1v) is 12.0. The normalized spacial score (nSPS) is 14.5. The summed E-state index contributed by atoms with van der Waals surface area (Å²) < 4.78 is 27.7. The van der Waals surface area contributed by atoms with Crippen LogP contribution in [0.25, 0.3) is 0 Å². The molecule has 0 saturated carbocycles. The topological polar surface area (TPSA) is 56.8 Å². The highest BCUT2D eigenvalue weighted by Gasteiger charge is 2.25. The molecule has 0 aliphatic carbocycles. The van der Waals surface area contributed by atoms with E-state index in [4.69, 9.17) is 0 Å². The maximum Gasteiger partial charge on any atom is 0.265 e. The predicted octanol–water partition coefficient (Wildman–Crippen LogP) is 3.93. The van der Waals surface area contributed by atoms with Gasteiger partial charge in [-0.1, -0.05) is 30.3 Å². The van der Waals surface area contributed by atoms with Crippen molar-refractivity contribution in [2.24, 2.45) is 0 Å². The summed E-state index contributed by atoms with van der Waals surface area (Å²) in [5, 5.41) is 0. The minimum atomic E-state index is -3.66. The minimum absolute atomic E-state index is 0.209. The zero-order chi connectivity index (χ0) is 21.8. The summed E-state index contributed by atoms with van der Waals surface area (Å²) in [7, 11) is -3.66. The summed E-state index contributed by atoms with van der Waals surface area (Å²) in [6, 6.07) is 21.2. The molecule has 4 rings (SSSR count). The first kappa shape index (κ1) is 21.2. The number of nitrogens with zero attached hydrogens (tertiary/aromatic N) is 4. The van der Waals surface area contributed by atoms with Crippen molar-refractivity contribution in [1.29, 1.82) is 0 Å². The quantitative estimate of drug-likeness (QED) is 0.586. The number of benzene rings is 2. The Labute approximate surface area is 184 Å². The van der Waals surface area contributed by atoms with Crippen molar-refractivity contribution in [1.82, 2.24) is 4.98 Å². The third-order valence-electron chi connectivity index (χ3n) is 5.61. The van der Waals surface area contributed by atoms with Gasteiger partial charge in [0, 0.05) is 44.6 Å². The van der Waals surface area contributed by atoms with E-state index in [0.29, 0.717) is 12.2 Å². The van der Waals surface area contributed by atoms with Crippen LogP contribution in [-0.2, 0) is 10.0 Å². The molecule has 1 aliphatic heterocycles. The van der Waals surface area contributed by atoms with Crippen molar-refractivity contribution in [3.05, 3.63) is 78.5 Å². The van der Waals surface area contributed by atoms with Gasteiger partial charge in [-0.05, 0) is 55.8 Å². The number of anilines is 3. The Balaban J connectivity index is 1.46. The zero-order valence-electron chi connectivity index (χ0n) is 18.0. The molecule has 31 heavy (non-hydrogen) atoms. The van der Waals surface area contributed by atoms with Crippen LogP contribution in [0.15, 0.2) is 77.8 Å². The van der Waals surface area contributed by atoms with Crippen molar-refractivity contribution in [2.75, 3.05) is 46.8 Å². The number of aryl methyl sites for hydroxylation is 1. The highest BCUT2D eigenvalue weighted by Crippen LogP contribution is 2.25. The highest BCUT2D eigenvalue weighted by molar-refractivity contribution is 7.92. The number of piperazine rings is 1. The summed E-state index contributed by atoms with van der Waals surface area (Å²) in [6.45, 7) is 7.80. The average Bonchev–Trinajstić information content (AvgIpc) is 2.80. The lowest BCUT2D eigenvalue weighted by atomic mass is 10.2. The molecule has 1 fully saturated rings. The van der Waals surface area contributed by atoms with E-state index in [2.05, 4.69) is 46.0 Å². The number of pyridine rings is 1. The SMILES string of the molecule is CCN(c1ccccc1)S(=O)(=O)c1ccc(N2CCN(c3cccc(C)c3)CC2)nc1. The molecular weight excluding hydrogens is 408 g/mol. The van der Waals surface area contributed by atoms with Gasteiger partial charge in [-0.3, -0.25) is 4.31 Å². The number of sulfonamides is 1. The van der Waals surface area contributed by atoms with Gasteiger partial charge in [-0.2, -0.15) is 0 Å². The summed E-state index contributed by atoms with van der Waals surface area (Å²) in [5.41, 5.74) is 3.16. The molecule has 3 aromatic rings. The Morgan fingerprint density at radius 3 is 2.23 bits per heavy atom. The summed E-state index contributed by atoms with van der Waals surface area (Å²) in [6.07, 6.45) is 1.48. The van der Waals surface area contributed by atoms with E-state index < -0.39 is 10.0 Å². The summed E-state index contributed by atoms with van der Waals surface area (Å²) in [4.78, 5) is 9.28. The fourth-order valence-electron chi connectivity index (χ4n) is 3.94. The third kappa shape index (κ3) is 4.51. The summed E-state index contributed by atoms with van der Waals surface area (Å²) in [5.74, 6) is 0.811. The van der Waals surface area contributed by atoms with Crippen LogP contribution in [0.4, 0.5) is 17.2 Å². The molecule has 1 saturated heterocycles. The number of aromatic nitrogens is 1. The van der Waals surface area contributed by atoms with Gasteiger partial charge in [-0.15, -0.1) is 0 Å². The van der Waals surface area contributed by atoms with Crippen molar-refractivity contribution >= 4 is 27.2 Å². The number of para-hydroxylation sites is 1. The highest BCUT2D eigenvalue weighted by atomic mass is 32.2. The number of hydrogen-bond donors (Lipinski definition) is 0. The van der Waals surface area contributed by atoms with Gasteiger partial charge in [0.15, 0.2) is 0 Å². The van der Waals surface area contributed by atoms with Crippen LogP contribution in [0.1, 0.15) is 12.5 Å². The molecule has 0 spiro atoms. The maximum absolute atomic E-state index is 13.1. The molecule has 2 aromatic carbocycles. The van der Waals surface area contributed by atoms with Crippen LogP contribution >= 0.6 is 0 Å². The van der Waals surface area contributed by atoms with E-state index in [1.807, 2.05) is 31.2 Å². The van der Waals surface area contributed by atoms with E-state index in [0.717, 1.165) is 32.0 Å². The minimum Gasteiger partial charge on any atom is -0.368 e. The van der Waals surface area contributed by atoms with Gasteiger partial charge in [0.1, 0.15) is 10.7 Å². The molecule has 1 aliphatic rings. The molecule has 0 N–H and O–H groups in total. The molecule has 0 atom stereocenters. The molecule has 2 heterocycles. The lowest BCUT2D eigenvalue weighted by molar-refractivity contribution is 0.591. The first-order chi connectivity index (χ1) is 15.0. The molecule has 0 radical (unpaired) electrons. The van der Waals surface area contributed by atoms with Gasteiger partial charge in [0.2, 0.25) is 0 Å². The Kier molecular flexibility index (Phi) is 6.13. The van der Waals surface area contributed by atoms with Crippen LogP contribution in [-0.4, -0.2) is 46.1 Å². The second-order valence-electron chi connectivity index (χ2n) is 7.67. The molecule has 7 heteroatoms. The fraction of sp³-hybridized carbons (Fsp3) is 0.292. The van der Waals surface area contributed by atoms with Gasteiger partial charge in [-0.25, -0.2) is 13.4 Å².